The summed E-state index contributed by atoms with van der Waals surface area (Å²) in [5.74, 6) is -1.82. The van der Waals surface area contributed by atoms with Crippen LogP contribution in [0.5, 0.6) is 5.75 Å². The third kappa shape index (κ3) is 5.36. The van der Waals surface area contributed by atoms with Crippen LogP contribution >= 0.6 is 11.3 Å². The molecule has 1 aliphatic rings. The number of halogens is 4. The Hall–Kier alpha value is -2.62. The Labute approximate surface area is 180 Å². The topological polar surface area (TPSA) is 64.6 Å². The molecule has 0 bridgehead atoms. The fraction of sp³-hybridized carbons (Fsp3) is 0.429. The number of amides is 1. The molecule has 1 aliphatic carbocycles. The number of aryl methyl sites for hydroxylation is 1. The number of esters is 1. The van der Waals surface area contributed by atoms with Crippen LogP contribution in [0.25, 0.3) is 0 Å². The maximum Gasteiger partial charge on any atom is 0.461 e. The summed E-state index contributed by atoms with van der Waals surface area (Å²) in [5, 5.41) is 2.95. The molecule has 10 heteroatoms. The van der Waals surface area contributed by atoms with Crippen molar-refractivity contribution in [3.8, 4) is 5.75 Å². The van der Waals surface area contributed by atoms with Crippen LogP contribution in [0.4, 0.5) is 22.6 Å². The number of benzene rings is 1. The number of hydrogen-bond acceptors (Lipinski definition) is 5. The average Bonchev–Trinajstić information content (AvgIpc) is 3.05. The predicted molar refractivity (Wildman–Crippen MR) is 107 cm³/mol. The van der Waals surface area contributed by atoms with Crippen molar-refractivity contribution in [2.24, 2.45) is 0 Å². The lowest BCUT2D eigenvalue weighted by Crippen LogP contribution is -2.33. The van der Waals surface area contributed by atoms with E-state index in [4.69, 9.17) is 4.74 Å². The van der Waals surface area contributed by atoms with E-state index in [9.17, 15) is 27.2 Å². The van der Waals surface area contributed by atoms with Gasteiger partial charge in [-0.3, -0.25) is 4.79 Å². The molecule has 0 spiro atoms. The van der Waals surface area contributed by atoms with Crippen LogP contribution in [0.3, 0.4) is 0 Å². The van der Waals surface area contributed by atoms with Gasteiger partial charge in [-0.1, -0.05) is 6.07 Å². The van der Waals surface area contributed by atoms with Crippen LogP contribution in [0.2, 0.25) is 0 Å². The van der Waals surface area contributed by atoms with E-state index in [-0.39, 0.29) is 11.7 Å². The lowest BCUT2D eigenvalue weighted by atomic mass is 9.95. The molecule has 31 heavy (non-hydrogen) atoms. The zero-order valence-electron chi connectivity index (χ0n) is 16.8. The number of hydrogen-bond donors (Lipinski definition) is 1. The van der Waals surface area contributed by atoms with Gasteiger partial charge in [0.05, 0.1) is 11.7 Å². The van der Waals surface area contributed by atoms with E-state index in [1.807, 2.05) is 0 Å². The number of carbonyl (C=O) groups excluding carboxylic acids is 2. The van der Waals surface area contributed by atoms with Gasteiger partial charge in [-0.05, 0) is 63.3 Å². The second-order valence-electron chi connectivity index (χ2n) is 7.32. The second kappa shape index (κ2) is 9.25. The Morgan fingerprint density at radius 1 is 1.16 bits per heavy atom. The van der Waals surface area contributed by atoms with Crippen molar-refractivity contribution in [3.05, 3.63) is 45.8 Å². The van der Waals surface area contributed by atoms with Gasteiger partial charge in [-0.25, -0.2) is 4.79 Å². The minimum absolute atomic E-state index is 0.0860. The van der Waals surface area contributed by atoms with Crippen LogP contribution in [0, 0.1) is 0 Å². The third-order valence-corrected chi connectivity index (χ3v) is 5.76. The third-order valence-electron chi connectivity index (χ3n) is 4.55. The van der Waals surface area contributed by atoms with Gasteiger partial charge in [-0.15, -0.1) is 11.3 Å². The summed E-state index contributed by atoms with van der Waals surface area (Å²) in [6.07, 6.45) is -5.69. The molecule has 1 N–H and O–H groups in total. The Morgan fingerprint density at radius 3 is 2.55 bits per heavy atom. The lowest BCUT2D eigenvalue weighted by Gasteiger charge is -2.17. The van der Waals surface area contributed by atoms with Gasteiger partial charge in [0.1, 0.15) is 10.8 Å². The highest BCUT2D eigenvalue weighted by atomic mass is 32.1. The molecule has 1 aromatic heterocycles. The second-order valence-corrected chi connectivity index (χ2v) is 8.42. The van der Waals surface area contributed by atoms with Crippen molar-refractivity contribution in [2.75, 3.05) is 5.32 Å². The van der Waals surface area contributed by atoms with Gasteiger partial charge in [0.2, 0.25) is 0 Å². The van der Waals surface area contributed by atoms with E-state index in [0.717, 1.165) is 41.8 Å². The van der Waals surface area contributed by atoms with Gasteiger partial charge >= 0.3 is 18.5 Å². The Kier molecular flexibility index (Phi) is 6.88. The smallest absolute Gasteiger partial charge is 0.459 e. The summed E-state index contributed by atoms with van der Waals surface area (Å²) in [6.45, 7) is 3.44. The van der Waals surface area contributed by atoms with E-state index in [1.165, 1.54) is 23.5 Å². The molecule has 0 aliphatic heterocycles. The molecule has 1 heterocycles. The van der Waals surface area contributed by atoms with Crippen molar-refractivity contribution >= 4 is 28.2 Å². The van der Waals surface area contributed by atoms with Crippen molar-refractivity contribution < 1.29 is 36.6 Å². The molecule has 0 radical (unpaired) electrons. The normalized spacial score (nSPS) is 13.8. The van der Waals surface area contributed by atoms with E-state index >= 15 is 0 Å². The van der Waals surface area contributed by atoms with E-state index in [1.54, 1.807) is 13.8 Å². The van der Waals surface area contributed by atoms with Crippen molar-refractivity contribution in [1.82, 2.24) is 0 Å². The highest BCUT2D eigenvalue weighted by molar-refractivity contribution is 7.17. The maximum absolute atomic E-state index is 13.2. The SMILES string of the molecule is CC(C)OC(=O)c1c(NC(=O)c2cccc(OC(F)(F)C(F)F)c2)sc2c1CCCC2. The van der Waals surface area contributed by atoms with Gasteiger partial charge in [0.15, 0.2) is 0 Å². The number of rotatable bonds is 7. The first-order valence-corrected chi connectivity index (χ1v) is 10.5. The molecule has 0 unspecified atom stereocenters. The monoisotopic (exact) mass is 459 g/mol. The summed E-state index contributed by atoms with van der Waals surface area (Å²) < 4.78 is 60.4. The number of anilines is 1. The molecular formula is C21H21F4NO4S. The molecule has 1 aromatic carbocycles. The first-order valence-electron chi connectivity index (χ1n) is 9.70. The van der Waals surface area contributed by atoms with Crippen LogP contribution < -0.4 is 10.1 Å². The summed E-state index contributed by atoms with van der Waals surface area (Å²) in [5.41, 5.74) is 1.07. The summed E-state index contributed by atoms with van der Waals surface area (Å²) in [7, 11) is 0. The zero-order valence-corrected chi connectivity index (χ0v) is 17.7. The molecule has 3 rings (SSSR count). The molecule has 0 saturated carbocycles. The molecule has 1 amide bonds. The first-order chi connectivity index (χ1) is 14.6. The van der Waals surface area contributed by atoms with Crippen LogP contribution in [0.1, 0.15) is 57.8 Å². The van der Waals surface area contributed by atoms with Crippen LogP contribution in [-0.2, 0) is 17.6 Å². The van der Waals surface area contributed by atoms with Crippen molar-refractivity contribution in [2.45, 2.75) is 58.2 Å². The quantitative estimate of drug-likeness (QED) is 0.427. The Morgan fingerprint density at radius 2 is 1.87 bits per heavy atom. The van der Waals surface area contributed by atoms with Crippen LogP contribution in [-0.4, -0.2) is 30.5 Å². The molecule has 168 valence electrons. The zero-order chi connectivity index (χ0) is 22.8. The van der Waals surface area contributed by atoms with E-state index in [0.29, 0.717) is 17.0 Å². The summed E-state index contributed by atoms with van der Waals surface area (Å²) in [6, 6.07) is 4.54. The van der Waals surface area contributed by atoms with E-state index < -0.39 is 30.2 Å². The molecule has 0 atom stereocenters. The average molecular weight is 459 g/mol. The Balaban J connectivity index is 1.86. The van der Waals surface area contributed by atoms with E-state index in [2.05, 4.69) is 10.1 Å². The standard InChI is InChI=1S/C21H21F4NO4S/c1-11(2)29-19(28)16-14-8-3-4-9-15(14)31-18(16)26-17(27)12-6-5-7-13(10-12)30-21(24,25)20(22)23/h5-7,10-11,20H,3-4,8-9H2,1-2H3,(H,26,27). The summed E-state index contributed by atoms with van der Waals surface area (Å²) >= 11 is 1.28. The largest absolute Gasteiger partial charge is 0.461 e. The van der Waals surface area contributed by atoms with Crippen molar-refractivity contribution in [1.29, 1.82) is 0 Å². The number of nitrogens with one attached hydrogen (secondary N) is 1. The number of alkyl halides is 4. The number of ether oxygens (including phenoxy) is 2. The molecule has 5 nitrogen and oxygen atoms in total. The highest BCUT2D eigenvalue weighted by Crippen LogP contribution is 2.39. The van der Waals surface area contributed by atoms with Gasteiger partial charge in [0.25, 0.3) is 5.91 Å². The number of carbonyl (C=O) groups is 2. The van der Waals surface area contributed by atoms with Crippen LogP contribution in [0.15, 0.2) is 24.3 Å². The maximum atomic E-state index is 13.2. The van der Waals surface area contributed by atoms with Gasteiger partial charge < -0.3 is 14.8 Å². The Bertz CT molecular complexity index is 974. The predicted octanol–water partition coefficient (Wildman–Crippen LogP) is 5.68. The van der Waals surface area contributed by atoms with Gasteiger partial charge in [0, 0.05) is 10.4 Å². The number of fused-ring (bicyclic) bond motifs is 1. The fourth-order valence-corrected chi connectivity index (χ4v) is 4.49. The van der Waals surface area contributed by atoms with Crippen molar-refractivity contribution in [3.63, 3.8) is 0 Å². The molecule has 0 saturated heterocycles. The fourth-order valence-electron chi connectivity index (χ4n) is 3.22. The lowest BCUT2D eigenvalue weighted by molar-refractivity contribution is -0.253. The minimum Gasteiger partial charge on any atom is -0.459 e. The van der Waals surface area contributed by atoms with Gasteiger partial charge in [-0.2, -0.15) is 17.6 Å². The molecule has 0 fully saturated rings. The first kappa shape index (κ1) is 23.1. The molecular weight excluding hydrogens is 438 g/mol. The number of thiophene rings is 1. The minimum atomic E-state index is -4.68. The summed E-state index contributed by atoms with van der Waals surface area (Å²) in [4.78, 5) is 26.4. The highest BCUT2D eigenvalue weighted by Gasteiger charge is 2.44. The molecule has 2 aromatic rings.